The maximum Gasteiger partial charge on any atom is 0.353 e. The predicted molar refractivity (Wildman–Crippen MR) is 33.1 cm³/mol. The molecule has 1 radical (unpaired) electrons. The highest BCUT2D eigenvalue weighted by Gasteiger charge is 2.40. The minimum Gasteiger partial charge on any atom is -0.202 e. The van der Waals surface area contributed by atoms with Crippen LogP contribution in [0.3, 0.4) is 0 Å². The van der Waals surface area contributed by atoms with Crippen molar-refractivity contribution in [3.8, 4) is 0 Å². The van der Waals surface area contributed by atoms with E-state index in [9.17, 15) is 17.6 Å². The molecule has 0 heterocycles. The van der Waals surface area contributed by atoms with Crippen LogP contribution in [-0.2, 0) is 0 Å². The molecule has 0 aliphatic heterocycles. The Hall–Kier alpha value is 0.0700. The normalized spacial score (nSPS) is 12.6. The zero-order valence-corrected chi connectivity index (χ0v) is 6.10. The number of halogens is 4. The number of thioether (sulfide) groups is 1. The van der Waals surface area contributed by atoms with Gasteiger partial charge in [-0.05, 0) is 6.42 Å². The molecule has 0 unspecified atom stereocenters. The van der Waals surface area contributed by atoms with Crippen molar-refractivity contribution >= 4 is 11.8 Å². The van der Waals surface area contributed by atoms with E-state index in [4.69, 9.17) is 0 Å². The molecule has 10 heavy (non-hydrogen) atoms. The van der Waals surface area contributed by atoms with Crippen LogP contribution in [0.4, 0.5) is 17.6 Å². The van der Waals surface area contributed by atoms with Crippen molar-refractivity contribution in [2.75, 3.05) is 0 Å². The lowest BCUT2D eigenvalue weighted by atomic mass is 10.6. The molecule has 61 valence electrons. The van der Waals surface area contributed by atoms with Gasteiger partial charge in [0.1, 0.15) is 0 Å². The Labute approximate surface area is 61.0 Å². The second kappa shape index (κ2) is 4.05. The van der Waals surface area contributed by atoms with Crippen LogP contribution in [0.25, 0.3) is 0 Å². The quantitative estimate of drug-likeness (QED) is 0.591. The van der Waals surface area contributed by atoms with Crippen molar-refractivity contribution in [1.29, 1.82) is 0 Å². The molecule has 0 saturated heterocycles. The Morgan fingerprint density at radius 2 is 2.00 bits per heavy atom. The van der Waals surface area contributed by atoms with Gasteiger partial charge in [-0.2, -0.15) is 8.78 Å². The minimum atomic E-state index is -3.92. The molecule has 0 fully saturated rings. The van der Waals surface area contributed by atoms with E-state index >= 15 is 0 Å². The first kappa shape index (κ1) is 10.1. The summed E-state index contributed by atoms with van der Waals surface area (Å²) in [4.78, 5) is 0. The average Bonchev–Trinajstić information content (AvgIpc) is 1.84. The smallest absolute Gasteiger partial charge is 0.202 e. The van der Waals surface area contributed by atoms with Crippen LogP contribution in [0.5, 0.6) is 0 Å². The summed E-state index contributed by atoms with van der Waals surface area (Å²) in [6.45, 7) is 1.61. The van der Waals surface area contributed by atoms with Gasteiger partial charge in [-0.25, -0.2) is 8.78 Å². The zero-order chi connectivity index (χ0) is 8.20. The number of hydrogen-bond donors (Lipinski definition) is 0. The summed E-state index contributed by atoms with van der Waals surface area (Å²) in [5.41, 5.74) is 0. The van der Waals surface area contributed by atoms with Crippen molar-refractivity contribution in [2.24, 2.45) is 0 Å². The Kier molecular flexibility index (Phi) is 4.08. The standard InChI is InChI=1S/C5H7F4S/c1-2-3-10-5(8,9)4(6)7/h3-4H,2H2,1H3. The molecular weight excluding hydrogens is 168 g/mol. The maximum absolute atomic E-state index is 11.9. The van der Waals surface area contributed by atoms with Gasteiger partial charge >= 0.3 is 11.7 Å². The van der Waals surface area contributed by atoms with Crippen molar-refractivity contribution in [1.82, 2.24) is 0 Å². The van der Waals surface area contributed by atoms with E-state index < -0.39 is 11.7 Å². The van der Waals surface area contributed by atoms with Gasteiger partial charge in [-0.15, -0.1) is 0 Å². The molecular formula is C5H7F4S. The van der Waals surface area contributed by atoms with E-state index in [-0.39, 0.29) is 11.8 Å². The summed E-state index contributed by atoms with van der Waals surface area (Å²) < 4.78 is 46.5. The van der Waals surface area contributed by atoms with Crippen LogP contribution in [0.15, 0.2) is 0 Å². The monoisotopic (exact) mass is 175 g/mol. The Morgan fingerprint density at radius 1 is 1.50 bits per heavy atom. The van der Waals surface area contributed by atoms with Gasteiger partial charge in [0.25, 0.3) is 0 Å². The van der Waals surface area contributed by atoms with Gasteiger partial charge in [0.05, 0.1) is 0 Å². The molecule has 0 amide bonds. The summed E-state index contributed by atoms with van der Waals surface area (Å²) in [6.07, 6.45) is -3.23. The zero-order valence-electron chi connectivity index (χ0n) is 5.28. The van der Waals surface area contributed by atoms with E-state index in [0.717, 1.165) is 5.75 Å². The molecule has 5 heteroatoms. The molecule has 0 aromatic carbocycles. The molecule has 0 N–H and O–H groups in total. The molecule has 0 saturated carbocycles. The summed E-state index contributed by atoms with van der Waals surface area (Å²) in [5.74, 6) is 1.06. The molecule has 0 bridgehead atoms. The fourth-order valence-corrected chi connectivity index (χ4v) is 0.738. The van der Waals surface area contributed by atoms with Crippen LogP contribution in [0.2, 0.25) is 0 Å². The number of alkyl halides is 4. The number of rotatable bonds is 4. The van der Waals surface area contributed by atoms with Crippen LogP contribution >= 0.6 is 11.8 Å². The molecule has 0 atom stereocenters. The fourth-order valence-electron chi connectivity index (χ4n) is 0.246. The highest BCUT2D eigenvalue weighted by molar-refractivity contribution is 8.02. The molecule has 0 spiro atoms. The highest BCUT2D eigenvalue weighted by atomic mass is 32.2. The van der Waals surface area contributed by atoms with Crippen molar-refractivity contribution in [3.05, 3.63) is 5.75 Å². The summed E-state index contributed by atoms with van der Waals surface area (Å²) in [6, 6.07) is 0. The van der Waals surface area contributed by atoms with Crippen molar-refractivity contribution in [3.63, 3.8) is 0 Å². The van der Waals surface area contributed by atoms with Gasteiger partial charge < -0.3 is 0 Å². The lowest BCUT2D eigenvalue weighted by Gasteiger charge is -2.12. The predicted octanol–water partition coefficient (Wildman–Crippen LogP) is 3.15. The van der Waals surface area contributed by atoms with Crippen LogP contribution in [0.1, 0.15) is 13.3 Å². The third-order valence-corrected chi connectivity index (χ3v) is 1.65. The topological polar surface area (TPSA) is 0 Å². The Morgan fingerprint density at radius 3 is 2.30 bits per heavy atom. The molecule has 0 aromatic heterocycles. The van der Waals surface area contributed by atoms with Crippen molar-refractivity contribution < 1.29 is 17.6 Å². The van der Waals surface area contributed by atoms with Gasteiger partial charge in [0, 0.05) is 5.75 Å². The first-order chi connectivity index (χ1) is 4.50. The molecule has 0 nitrogen and oxygen atoms in total. The van der Waals surface area contributed by atoms with E-state index in [2.05, 4.69) is 0 Å². The van der Waals surface area contributed by atoms with Gasteiger partial charge in [-0.1, -0.05) is 18.7 Å². The SMILES string of the molecule is CC[CH]SC(F)(F)C(F)F. The van der Waals surface area contributed by atoms with E-state index in [1.807, 2.05) is 0 Å². The lowest BCUT2D eigenvalue weighted by molar-refractivity contribution is -0.0560. The Bertz CT molecular complexity index is 93.6. The van der Waals surface area contributed by atoms with E-state index in [0.29, 0.717) is 6.42 Å². The third-order valence-electron chi connectivity index (χ3n) is 0.661. The molecule has 0 aromatic rings. The summed E-state index contributed by atoms with van der Waals surface area (Å²) >= 11 is -0.122. The highest BCUT2D eigenvalue weighted by Crippen LogP contribution is 2.37. The van der Waals surface area contributed by atoms with E-state index in [1.54, 1.807) is 6.92 Å². The van der Waals surface area contributed by atoms with Gasteiger partial charge in [0.2, 0.25) is 0 Å². The van der Waals surface area contributed by atoms with Crippen LogP contribution in [-0.4, -0.2) is 11.7 Å². The molecule has 0 aliphatic carbocycles. The summed E-state index contributed by atoms with van der Waals surface area (Å²) in [7, 11) is 0. The van der Waals surface area contributed by atoms with Crippen molar-refractivity contribution in [2.45, 2.75) is 25.0 Å². The van der Waals surface area contributed by atoms with E-state index in [1.165, 1.54) is 0 Å². The van der Waals surface area contributed by atoms with Gasteiger partial charge in [0.15, 0.2) is 0 Å². The van der Waals surface area contributed by atoms with Gasteiger partial charge in [-0.3, -0.25) is 0 Å². The number of hydrogen-bond acceptors (Lipinski definition) is 1. The van der Waals surface area contributed by atoms with Crippen LogP contribution in [0, 0.1) is 5.75 Å². The first-order valence-corrected chi connectivity index (χ1v) is 3.54. The van der Waals surface area contributed by atoms with Crippen LogP contribution < -0.4 is 0 Å². The second-order valence-electron chi connectivity index (χ2n) is 1.56. The maximum atomic E-state index is 11.9. The second-order valence-corrected chi connectivity index (χ2v) is 2.67. The lowest BCUT2D eigenvalue weighted by Crippen LogP contribution is -2.21. The first-order valence-electron chi connectivity index (χ1n) is 2.66. The Balaban J connectivity index is 3.63. The minimum absolute atomic E-state index is 0.122. The molecule has 0 aliphatic rings. The average molecular weight is 175 g/mol. The molecule has 0 rings (SSSR count). The third kappa shape index (κ3) is 3.29. The largest absolute Gasteiger partial charge is 0.353 e. The summed E-state index contributed by atoms with van der Waals surface area (Å²) in [5, 5.41) is -3.92. The fraction of sp³-hybridized carbons (Fsp3) is 0.800.